The molecule has 3 rings (SSSR count). The molecule has 2 aromatic rings. The number of hydrogen-bond donors (Lipinski definition) is 2. The van der Waals surface area contributed by atoms with E-state index in [0.717, 1.165) is 28.7 Å². The minimum absolute atomic E-state index is 0.00525. The van der Waals surface area contributed by atoms with Gasteiger partial charge in [0.15, 0.2) is 0 Å². The predicted molar refractivity (Wildman–Crippen MR) is 126 cm³/mol. The molecule has 0 radical (unpaired) electrons. The first kappa shape index (κ1) is 24.3. The highest BCUT2D eigenvalue weighted by Crippen LogP contribution is 2.44. The molecule has 0 saturated heterocycles. The molecule has 2 amide bonds. The molecular weight excluding hydrogens is 420 g/mol. The van der Waals surface area contributed by atoms with Crippen LogP contribution in [0.3, 0.4) is 0 Å². The van der Waals surface area contributed by atoms with E-state index in [1.54, 1.807) is 4.90 Å². The highest BCUT2D eigenvalue weighted by atomic mass is 16.5. The zero-order valence-corrected chi connectivity index (χ0v) is 19.4. The number of amides is 2. The van der Waals surface area contributed by atoms with E-state index in [0.29, 0.717) is 6.54 Å². The van der Waals surface area contributed by atoms with E-state index in [1.807, 2.05) is 57.2 Å². The van der Waals surface area contributed by atoms with Gasteiger partial charge in [0.1, 0.15) is 12.6 Å². The molecule has 176 valence electrons. The van der Waals surface area contributed by atoms with Crippen molar-refractivity contribution in [2.45, 2.75) is 58.0 Å². The zero-order valence-electron chi connectivity index (χ0n) is 19.4. The molecule has 0 saturated carbocycles. The van der Waals surface area contributed by atoms with Gasteiger partial charge in [-0.1, -0.05) is 55.5 Å². The second-order valence-corrected chi connectivity index (χ2v) is 8.34. The Morgan fingerprint density at radius 1 is 1.03 bits per heavy atom. The Labute approximate surface area is 194 Å². The molecule has 0 heterocycles. The van der Waals surface area contributed by atoms with Crippen LogP contribution in [0.5, 0.6) is 0 Å². The van der Waals surface area contributed by atoms with Crippen molar-refractivity contribution >= 4 is 18.0 Å². The first-order chi connectivity index (χ1) is 15.9. The highest BCUT2D eigenvalue weighted by Gasteiger charge is 2.31. The summed E-state index contributed by atoms with van der Waals surface area (Å²) in [6.45, 7) is 6.38. The number of rotatable bonds is 10. The normalized spacial score (nSPS) is 14.0. The SMILES string of the molecule is CCC(C)N(CC)C(=O)C(CCC(=O)O)NC(=O)OCC1c2ccccc2-c2ccccc21. The second-order valence-electron chi connectivity index (χ2n) is 8.34. The summed E-state index contributed by atoms with van der Waals surface area (Å²) in [5, 5.41) is 11.7. The van der Waals surface area contributed by atoms with Crippen LogP contribution < -0.4 is 5.32 Å². The Balaban J connectivity index is 1.70. The van der Waals surface area contributed by atoms with Crippen LogP contribution in [0.25, 0.3) is 11.1 Å². The smallest absolute Gasteiger partial charge is 0.407 e. The molecule has 7 heteroatoms. The van der Waals surface area contributed by atoms with Crippen LogP contribution in [-0.2, 0) is 14.3 Å². The summed E-state index contributed by atoms with van der Waals surface area (Å²) >= 11 is 0. The van der Waals surface area contributed by atoms with Crippen molar-refractivity contribution in [1.29, 1.82) is 0 Å². The van der Waals surface area contributed by atoms with Gasteiger partial charge in [-0.15, -0.1) is 0 Å². The van der Waals surface area contributed by atoms with E-state index < -0.39 is 18.1 Å². The van der Waals surface area contributed by atoms with Crippen molar-refractivity contribution < 1.29 is 24.2 Å². The van der Waals surface area contributed by atoms with E-state index in [4.69, 9.17) is 9.84 Å². The Morgan fingerprint density at radius 3 is 2.12 bits per heavy atom. The number of carboxylic acids is 1. The van der Waals surface area contributed by atoms with Crippen LogP contribution in [0.2, 0.25) is 0 Å². The molecule has 2 aromatic carbocycles. The fourth-order valence-corrected chi connectivity index (χ4v) is 4.41. The van der Waals surface area contributed by atoms with Crippen molar-refractivity contribution in [2.24, 2.45) is 0 Å². The lowest BCUT2D eigenvalue weighted by atomic mass is 9.98. The topological polar surface area (TPSA) is 95.9 Å². The van der Waals surface area contributed by atoms with Crippen LogP contribution in [0.1, 0.15) is 57.1 Å². The van der Waals surface area contributed by atoms with Gasteiger partial charge in [0.2, 0.25) is 5.91 Å². The van der Waals surface area contributed by atoms with Gasteiger partial charge in [-0.05, 0) is 48.9 Å². The summed E-state index contributed by atoms with van der Waals surface area (Å²) in [5.41, 5.74) is 4.45. The van der Waals surface area contributed by atoms with Crippen LogP contribution in [0.15, 0.2) is 48.5 Å². The maximum atomic E-state index is 13.1. The highest BCUT2D eigenvalue weighted by molar-refractivity contribution is 5.86. The number of carbonyl (C=O) groups excluding carboxylic acids is 2. The summed E-state index contributed by atoms with van der Waals surface area (Å²) in [6, 6.07) is 15.1. The van der Waals surface area contributed by atoms with Crippen LogP contribution in [0.4, 0.5) is 4.79 Å². The summed E-state index contributed by atoms with van der Waals surface area (Å²) in [6.07, 6.45) is -0.180. The van der Waals surface area contributed by atoms with Gasteiger partial charge in [0.25, 0.3) is 0 Å². The number of hydrogen-bond acceptors (Lipinski definition) is 4. The maximum Gasteiger partial charge on any atom is 0.407 e. The lowest BCUT2D eigenvalue weighted by Gasteiger charge is -2.31. The number of fused-ring (bicyclic) bond motifs is 3. The Morgan fingerprint density at radius 2 is 1.61 bits per heavy atom. The van der Waals surface area contributed by atoms with E-state index in [1.165, 1.54) is 0 Å². The average Bonchev–Trinajstić information content (AvgIpc) is 3.14. The number of ether oxygens (including phenoxy) is 1. The third-order valence-corrected chi connectivity index (χ3v) is 6.33. The molecule has 1 aliphatic carbocycles. The van der Waals surface area contributed by atoms with Gasteiger partial charge in [0.05, 0.1) is 0 Å². The van der Waals surface area contributed by atoms with Gasteiger partial charge in [-0.3, -0.25) is 9.59 Å². The third kappa shape index (κ3) is 5.53. The molecule has 7 nitrogen and oxygen atoms in total. The van der Waals surface area contributed by atoms with E-state index >= 15 is 0 Å². The number of carbonyl (C=O) groups is 3. The summed E-state index contributed by atoms with van der Waals surface area (Å²) in [4.78, 5) is 38.5. The summed E-state index contributed by atoms with van der Waals surface area (Å²) in [7, 11) is 0. The quantitative estimate of drug-likeness (QED) is 0.557. The molecule has 0 aliphatic heterocycles. The summed E-state index contributed by atoms with van der Waals surface area (Å²) < 4.78 is 5.56. The number of nitrogens with zero attached hydrogens (tertiary/aromatic N) is 1. The van der Waals surface area contributed by atoms with Crippen LogP contribution in [-0.4, -0.2) is 53.2 Å². The van der Waals surface area contributed by atoms with Crippen molar-refractivity contribution in [3.8, 4) is 11.1 Å². The Kier molecular flexibility index (Phi) is 8.09. The molecule has 0 fully saturated rings. The maximum absolute atomic E-state index is 13.1. The van der Waals surface area contributed by atoms with E-state index in [-0.39, 0.29) is 37.3 Å². The van der Waals surface area contributed by atoms with Gasteiger partial charge < -0.3 is 20.1 Å². The van der Waals surface area contributed by atoms with Gasteiger partial charge in [0, 0.05) is 24.9 Å². The number of alkyl carbamates (subject to hydrolysis) is 1. The predicted octanol–water partition coefficient (Wildman–Crippen LogP) is 4.41. The standard InChI is InChI=1S/C26H32N2O5/c1-4-17(3)28(5-2)25(31)23(14-15-24(29)30)27-26(32)33-16-22-20-12-8-6-10-18(20)19-11-7-9-13-21(19)22/h6-13,17,22-23H,4-5,14-16H2,1-3H3,(H,27,32)(H,29,30). The second kappa shape index (κ2) is 11.0. The fourth-order valence-electron chi connectivity index (χ4n) is 4.41. The van der Waals surface area contributed by atoms with Crippen LogP contribution in [0, 0.1) is 0 Å². The molecule has 2 unspecified atom stereocenters. The number of aliphatic carboxylic acids is 1. The average molecular weight is 453 g/mol. The van der Waals surface area contributed by atoms with Gasteiger partial charge >= 0.3 is 12.1 Å². The molecule has 0 bridgehead atoms. The molecule has 33 heavy (non-hydrogen) atoms. The molecule has 2 atom stereocenters. The lowest BCUT2D eigenvalue weighted by Crippen LogP contribution is -2.51. The van der Waals surface area contributed by atoms with Crippen molar-refractivity contribution in [3.63, 3.8) is 0 Å². The number of nitrogens with one attached hydrogen (secondary N) is 1. The largest absolute Gasteiger partial charge is 0.481 e. The molecule has 0 aromatic heterocycles. The molecule has 1 aliphatic rings. The van der Waals surface area contributed by atoms with Crippen molar-refractivity contribution in [3.05, 3.63) is 59.7 Å². The Hall–Kier alpha value is -3.35. The van der Waals surface area contributed by atoms with Gasteiger partial charge in [-0.25, -0.2) is 4.79 Å². The van der Waals surface area contributed by atoms with Gasteiger partial charge in [-0.2, -0.15) is 0 Å². The minimum Gasteiger partial charge on any atom is -0.481 e. The minimum atomic E-state index is -1.02. The number of likely N-dealkylation sites (N-methyl/N-ethyl adjacent to an activating group) is 1. The van der Waals surface area contributed by atoms with Crippen LogP contribution >= 0.6 is 0 Å². The first-order valence-corrected chi connectivity index (χ1v) is 11.5. The molecule has 2 N–H and O–H groups in total. The summed E-state index contributed by atoms with van der Waals surface area (Å²) in [5.74, 6) is -1.40. The fraction of sp³-hybridized carbons (Fsp3) is 0.423. The number of carboxylic acid groups (broad SMARTS) is 1. The monoisotopic (exact) mass is 452 g/mol. The van der Waals surface area contributed by atoms with Crippen molar-refractivity contribution in [2.75, 3.05) is 13.2 Å². The van der Waals surface area contributed by atoms with E-state index in [2.05, 4.69) is 17.4 Å². The molecular formula is C26H32N2O5. The molecule has 0 spiro atoms. The third-order valence-electron chi connectivity index (χ3n) is 6.33. The van der Waals surface area contributed by atoms with E-state index in [9.17, 15) is 14.4 Å². The Bertz CT molecular complexity index is 960. The number of benzene rings is 2. The van der Waals surface area contributed by atoms with Crippen molar-refractivity contribution in [1.82, 2.24) is 10.2 Å². The first-order valence-electron chi connectivity index (χ1n) is 11.5. The zero-order chi connectivity index (χ0) is 24.0. The lowest BCUT2D eigenvalue weighted by molar-refractivity contribution is -0.138.